The summed E-state index contributed by atoms with van der Waals surface area (Å²) in [5.41, 5.74) is 2.56. The van der Waals surface area contributed by atoms with Gasteiger partial charge in [-0.3, -0.25) is 0 Å². The molecule has 1 heteroatoms. The molecule has 0 aromatic carbocycles. The summed E-state index contributed by atoms with van der Waals surface area (Å²) in [6, 6.07) is 0. The maximum absolute atomic E-state index is 11.1. The molecular weight excluding hydrogens is 292 g/mol. The lowest BCUT2D eigenvalue weighted by Crippen LogP contribution is -2.51. The van der Waals surface area contributed by atoms with Crippen LogP contribution in [0.3, 0.4) is 0 Å². The van der Waals surface area contributed by atoms with E-state index in [4.69, 9.17) is 0 Å². The van der Waals surface area contributed by atoms with Gasteiger partial charge >= 0.3 is 0 Å². The van der Waals surface area contributed by atoms with Crippen molar-refractivity contribution in [1.29, 1.82) is 0 Å². The molecule has 0 aromatic heterocycles. The standard InChI is InChI=1S/C23H40O/c1-17(9-7-10-19(3)24)11-13-20-18(2)12-14-21-22(4,5)15-8-16-23(20,21)6/h9,18,20-21H,7-8,10-16H2,1-6H3/b17-9-/t18-,20-,21+,23+/m1/s1. The smallest absolute Gasteiger partial charge is 0.130 e. The lowest BCUT2D eigenvalue weighted by Gasteiger charge is -2.59. The van der Waals surface area contributed by atoms with E-state index in [0.29, 0.717) is 23.0 Å². The zero-order valence-electron chi connectivity index (χ0n) is 17.1. The second-order valence-corrected chi connectivity index (χ2v) is 9.89. The van der Waals surface area contributed by atoms with Crippen LogP contribution in [0.25, 0.3) is 0 Å². The summed E-state index contributed by atoms with van der Waals surface area (Å²) in [4.78, 5) is 11.1. The number of carbonyl (C=O) groups excluding carboxylic acids is 1. The first-order valence-corrected chi connectivity index (χ1v) is 10.3. The van der Waals surface area contributed by atoms with E-state index in [9.17, 15) is 4.79 Å². The molecule has 0 heterocycles. The third-order valence-electron chi connectivity index (χ3n) is 7.56. The van der Waals surface area contributed by atoms with Crippen molar-refractivity contribution in [3.05, 3.63) is 11.6 Å². The van der Waals surface area contributed by atoms with Gasteiger partial charge in [-0.25, -0.2) is 0 Å². The highest BCUT2D eigenvalue weighted by Gasteiger charge is 2.53. The first-order chi connectivity index (χ1) is 11.2. The number of hydrogen-bond acceptors (Lipinski definition) is 1. The predicted molar refractivity (Wildman–Crippen MR) is 104 cm³/mol. The second-order valence-electron chi connectivity index (χ2n) is 9.89. The first-order valence-electron chi connectivity index (χ1n) is 10.3. The minimum absolute atomic E-state index is 0.305. The molecule has 2 aliphatic rings. The molecule has 2 saturated carbocycles. The van der Waals surface area contributed by atoms with Crippen LogP contribution >= 0.6 is 0 Å². The lowest BCUT2D eigenvalue weighted by molar-refractivity contribution is -0.116. The van der Waals surface area contributed by atoms with Gasteiger partial charge in [-0.15, -0.1) is 0 Å². The van der Waals surface area contributed by atoms with Gasteiger partial charge in [0.2, 0.25) is 0 Å². The fourth-order valence-corrected chi connectivity index (χ4v) is 6.23. The van der Waals surface area contributed by atoms with E-state index in [1.807, 2.05) is 0 Å². The van der Waals surface area contributed by atoms with Crippen molar-refractivity contribution in [1.82, 2.24) is 0 Å². The van der Waals surface area contributed by atoms with Crippen LogP contribution in [0, 0.1) is 28.6 Å². The molecule has 0 amide bonds. The van der Waals surface area contributed by atoms with Gasteiger partial charge in [-0.05, 0) is 81.0 Å². The van der Waals surface area contributed by atoms with Crippen molar-refractivity contribution in [2.45, 2.75) is 99.3 Å². The molecule has 2 rings (SSSR count). The van der Waals surface area contributed by atoms with E-state index in [-0.39, 0.29) is 0 Å². The number of hydrogen-bond donors (Lipinski definition) is 0. The summed E-state index contributed by atoms with van der Waals surface area (Å²) < 4.78 is 0. The van der Waals surface area contributed by atoms with E-state index >= 15 is 0 Å². The van der Waals surface area contributed by atoms with Crippen LogP contribution in [0.4, 0.5) is 0 Å². The Hall–Kier alpha value is -0.590. The van der Waals surface area contributed by atoms with E-state index < -0.39 is 0 Å². The predicted octanol–water partition coefficient (Wildman–Crippen LogP) is 6.96. The number of carbonyl (C=O) groups is 1. The van der Waals surface area contributed by atoms with E-state index in [1.165, 1.54) is 50.5 Å². The van der Waals surface area contributed by atoms with Crippen LogP contribution < -0.4 is 0 Å². The molecule has 24 heavy (non-hydrogen) atoms. The maximum atomic E-state index is 11.1. The third-order valence-corrected chi connectivity index (χ3v) is 7.56. The van der Waals surface area contributed by atoms with Gasteiger partial charge in [-0.1, -0.05) is 52.2 Å². The van der Waals surface area contributed by atoms with E-state index in [0.717, 1.165) is 24.2 Å². The molecular formula is C23H40O. The van der Waals surface area contributed by atoms with Crippen molar-refractivity contribution in [2.24, 2.45) is 28.6 Å². The monoisotopic (exact) mass is 332 g/mol. The minimum Gasteiger partial charge on any atom is -0.300 e. The van der Waals surface area contributed by atoms with Gasteiger partial charge in [0.25, 0.3) is 0 Å². The highest BCUT2D eigenvalue weighted by atomic mass is 16.1. The minimum atomic E-state index is 0.305. The summed E-state index contributed by atoms with van der Waals surface area (Å²) in [5.74, 6) is 2.94. The van der Waals surface area contributed by atoms with Gasteiger partial charge in [0, 0.05) is 6.42 Å². The van der Waals surface area contributed by atoms with E-state index in [1.54, 1.807) is 6.92 Å². The fourth-order valence-electron chi connectivity index (χ4n) is 6.23. The van der Waals surface area contributed by atoms with Crippen LogP contribution in [0.1, 0.15) is 99.3 Å². The Morgan fingerprint density at radius 2 is 1.79 bits per heavy atom. The topological polar surface area (TPSA) is 17.1 Å². The molecule has 0 radical (unpaired) electrons. The van der Waals surface area contributed by atoms with Crippen molar-refractivity contribution in [3.63, 3.8) is 0 Å². The number of allylic oxidation sites excluding steroid dienone is 2. The Morgan fingerprint density at radius 1 is 1.08 bits per heavy atom. The first kappa shape index (κ1) is 19.7. The summed E-state index contributed by atoms with van der Waals surface area (Å²) in [6.45, 7) is 14.1. The average molecular weight is 333 g/mol. The summed E-state index contributed by atoms with van der Waals surface area (Å²) in [5, 5.41) is 0. The molecule has 138 valence electrons. The average Bonchev–Trinajstić information content (AvgIpc) is 2.45. The van der Waals surface area contributed by atoms with Gasteiger partial charge in [-0.2, -0.15) is 0 Å². The number of ketones is 1. The number of fused-ring (bicyclic) bond motifs is 1. The van der Waals surface area contributed by atoms with Crippen LogP contribution in [-0.2, 0) is 4.79 Å². The largest absolute Gasteiger partial charge is 0.300 e. The molecule has 4 atom stereocenters. The zero-order valence-corrected chi connectivity index (χ0v) is 17.1. The fraction of sp³-hybridized carbons (Fsp3) is 0.870. The molecule has 0 aliphatic heterocycles. The molecule has 1 nitrogen and oxygen atoms in total. The number of Topliss-reactive ketones (excluding diaryl/α,β-unsaturated/α-hetero) is 1. The van der Waals surface area contributed by atoms with Gasteiger partial charge in [0.05, 0.1) is 0 Å². The highest BCUT2D eigenvalue weighted by molar-refractivity contribution is 5.75. The van der Waals surface area contributed by atoms with Crippen LogP contribution in [0.2, 0.25) is 0 Å². The summed E-state index contributed by atoms with van der Waals surface area (Å²) in [6.07, 6.45) is 13.6. The van der Waals surface area contributed by atoms with Crippen LogP contribution in [-0.4, -0.2) is 5.78 Å². The third kappa shape index (κ3) is 4.33. The van der Waals surface area contributed by atoms with Crippen LogP contribution in [0.5, 0.6) is 0 Å². The SMILES string of the molecule is CC(=O)CC/C=C(/C)CC[C@@H]1[C@H](C)CC[C@H]2C(C)(C)CCC[C@@]12C. The molecule has 2 aliphatic carbocycles. The van der Waals surface area contributed by atoms with Crippen molar-refractivity contribution < 1.29 is 4.79 Å². The normalized spacial score (nSPS) is 36.2. The highest BCUT2D eigenvalue weighted by Crippen LogP contribution is 2.62. The summed E-state index contributed by atoms with van der Waals surface area (Å²) >= 11 is 0. The maximum Gasteiger partial charge on any atom is 0.130 e. The van der Waals surface area contributed by atoms with Crippen molar-refractivity contribution in [2.75, 3.05) is 0 Å². The van der Waals surface area contributed by atoms with Gasteiger partial charge in [0.1, 0.15) is 5.78 Å². The van der Waals surface area contributed by atoms with Gasteiger partial charge < -0.3 is 4.79 Å². The lowest BCUT2D eigenvalue weighted by atomic mass is 9.46. The molecule has 0 unspecified atom stereocenters. The molecule has 0 spiro atoms. The van der Waals surface area contributed by atoms with Crippen LogP contribution in [0.15, 0.2) is 11.6 Å². The Kier molecular flexibility index (Phi) is 6.37. The molecule has 0 bridgehead atoms. The quantitative estimate of drug-likeness (QED) is 0.480. The Bertz CT molecular complexity index is 472. The summed E-state index contributed by atoms with van der Waals surface area (Å²) in [7, 11) is 0. The Labute approximate surface area is 150 Å². The molecule has 0 aromatic rings. The van der Waals surface area contributed by atoms with E-state index in [2.05, 4.69) is 40.7 Å². The zero-order chi connectivity index (χ0) is 18.0. The van der Waals surface area contributed by atoms with Gasteiger partial charge in [0.15, 0.2) is 0 Å². The Balaban J connectivity index is 2.03. The molecule has 0 N–H and O–H groups in total. The Morgan fingerprint density at radius 3 is 2.46 bits per heavy atom. The molecule has 2 fully saturated rings. The van der Waals surface area contributed by atoms with Crippen molar-refractivity contribution >= 4 is 5.78 Å². The van der Waals surface area contributed by atoms with Crippen molar-refractivity contribution in [3.8, 4) is 0 Å². The second kappa shape index (κ2) is 7.75. The molecule has 0 saturated heterocycles. The number of rotatable bonds is 6.